The number of aromatic nitrogens is 1. The summed E-state index contributed by atoms with van der Waals surface area (Å²) >= 11 is 0. The smallest absolute Gasteiger partial charge is 0.262 e. The number of hydrogen-bond donors (Lipinski definition) is 1. The summed E-state index contributed by atoms with van der Waals surface area (Å²) < 4.78 is 31.6. The number of nitrogens with one attached hydrogen (secondary N) is 1. The lowest BCUT2D eigenvalue weighted by Gasteiger charge is -2.11. The van der Waals surface area contributed by atoms with E-state index >= 15 is 0 Å². The van der Waals surface area contributed by atoms with Gasteiger partial charge in [0.05, 0.1) is 11.4 Å². The molecular formula is C16H13F2N3O2. The zero-order valence-electron chi connectivity index (χ0n) is 12.5. The largest absolute Gasteiger partial charge is 0.482 e. The molecule has 2 aromatic rings. The number of halogens is 2. The number of anilines is 1. The molecule has 0 saturated heterocycles. The van der Waals surface area contributed by atoms with Gasteiger partial charge in [-0.15, -0.1) is 0 Å². The van der Waals surface area contributed by atoms with Crippen LogP contribution in [-0.2, 0) is 4.79 Å². The van der Waals surface area contributed by atoms with E-state index in [-0.39, 0.29) is 17.0 Å². The lowest BCUT2D eigenvalue weighted by Crippen LogP contribution is -2.21. The maximum Gasteiger partial charge on any atom is 0.262 e. The Bertz CT molecular complexity index is 801. The molecule has 7 heteroatoms. The second-order valence-corrected chi connectivity index (χ2v) is 4.80. The van der Waals surface area contributed by atoms with Crippen molar-refractivity contribution in [2.45, 2.75) is 13.8 Å². The van der Waals surface area contributed by atoms with E-state index in [1.54, 1.807) is 13.8 Å². The summed E-state index contributed by atoms with van der Waals surface area (Å²) in [4.78, 5) is 15.9. The van der Waals surface area contributed by atoms with Gasteiger partial charge in [0.2, 0.25) is 0 Å². The van der Waals surface area contributed by atoms with E-state index in [1.165, 1.54) is 6.07 Å². The molecule has 0 spiro atoms. The van der Waals surface area contributed by atoms with Crippen molar-refractivity contribution in [3.63, 3.8) is 0 Å². The number of hydrogen-bond acceptors (Lipinski definition) is 4. The van der Waals surface area contributed by atoms with Gasteiger partial charge in [-0.25, -0.2) is 8.78 Å². The van der Waals surface area contributed by atoms with Crippen molar-refractivity contribution >= 4 is 11.6 Å². The maximum absolute atomic E-state index is 13.5. The van der Waals surface area contributed by atoms with Crippen LogP contribution in [0.3, 0.4) is 0 Å². The van der Waals surface area contributed by atoms with Gasteiger partial charge in [0.15, 0.2) is 6.61 Å². The van der Waals surface area contributed by atoms with Crippen molar-refractivity contribution < 1.29 is 18.3 Å². The molecule has 0 radical (unpaired) electrons. The lowest BCUT2D eigenvalue weighted by atomic mass is 10.2. The number of carbonyl (C=O) groups is 1. The van der Waals surface area contributed by atoms with Crippen molar-refractivity contribution in [1.82, 2.24) is 4.98 Å². The summed E-state index contributed by atoms with van der Waals surface area (Å²) in [5, 5.41) is 11.4. The minimum absolute atomic E-state index is 0.150. The van der Waals surface area contributed by atoms with E-state index < -0.39 is 24.1 Å². The van der Waals surface area contributed by atoms with E-state index in [0.717, 1.165) is 12.1 Å². The molecule has 1 amide bonds. The van der Waals surface area contributed by atoms with E-state index in [4.69, 9.17) is 10.00 Å². The quantitative estimate of drug-likeness (QED) is 0.941. The third-order valence-corrected chi connectivity index (χ3v) is 2.97. The molecule has 0 atom stereocenters. The van der Waals surface area contributed by atoms with Gasteiger partial charge in [-0.05, 0) is 26.0 Å². The number of aryl methyl sites for hydroxylation is 2. The monoisotopic (exact) mass is 317 g/mol. The van der Waals surface area contributed by atoms with E-state index in [2.05, 4.69) is 10.3 Å². The van der Waals surface area contributed by atoms with E-state index in [9.17, 15) is 13.6 Å². The Kier molecular flexibility index (Phi) is 4.86. The number of carbonyl (C=O) groups excluding carboxylic acids is 1. The van der Waals surface area contributed by atoms with Crippen LogP contribution in [0.2, 0.25) is 0 Å². The van der Waals surface area contributed by atoms with Crippen LogP contribution in [0.4, 0.5) is 14.5 Å². The van der Waals surface area contributed by atoms with E-state index in [0.29, 0.717) is 17.5 Å². The van der Waals surface area contributed by atoms with Crippen LogP contribution < -0.4 is 10.1 Å². The number of benzene rings is 1. The Labute approximate surface area is 131 Å². The van der Waals surface area contributed by atoms with Gasteiger partial charge in [-0.1, -0.05) is 0 Å². The van der Waals surface area contributed by atoms with Crippen molar-refractivity contribution in [2.24, 2.45) is 0 Å². The van der Waals surface area contributed by atoms with Crippen LogP contribution in [-0.4, -0.2) is 17.5 Å². The van der Waals surface area contributed by atoms with Crippen LogP contribution in [0.1, 0.15) is 17.0 Å². The number of pyridine rings is 1. The third kappa shape index (κ3) is 4.01. The summed E-state index contributed by atoms with van der Waals surface area (Å²) in [6.45, 7) is 2.97. The Hall–Kier alpha value is -3.01. The maximum atomic E-state index is 13.5. The molecule has 23 heavy (non-hydrogen) atoms. The highest BCUT2D eigenvalue weighted by Crippen LogP contribution is 2.21. The van der Waals surface area contributed by atoms with Gasteiger partial charge in [-0.3, -0.25) is 9.78 Å². The van der Waals surface area contributed by atoms with Crippen LogP contribution in [0.25, 0.3) is 0 Å². The Morgan fingerprint density at radius 3 is 2.74 bits per heavy atom. The molecule has 0 saturated carbocycles. The minimum Gasteiger partial charge on any atom is -0.482 e. The molecule has 0 unspecified atom stereocenters. The van der Waals surface area contributed by atoms with Gasteiger partial charge in [0.25, 0.3) is 5.91 Å². The van der Waals surface area contributed by atoms with Gasteiger partial charge >= 0.3 is 0 Å². The molecule has 0 fully saturated rings. The number of nitriles is 1. The second kappa shape index (κ2) is 6.83. The average molecular weight is 317 g/mol. The fraction of sp³-hybridized carbons (Fsp3) is 0.188. The molecule has 0 aliphatic heterocycles. The fourth-order valence-electron chi connectivity index (χ4n) is 1.96. The zero-order chi connectivity index (χ0) is 17.0. The highest BCUT2D eigenvalue weighted by Gasteiger charge is 2.13. The van der Waals surface area contributed by atoms with Gasteiger partial charge < -0.3 is 10.1 Å². The topological polar surface area (TPSA) is 75.0 Å². The van der Waals surface area contributed by atoms with Crippen molar-refractivity contribution in [3.05, 3.63) is 52.9 Å². The lowest BCUT2D eigenvalue weighted by molar-refractivity contribution is -0.118. The molecule has 2 rings (SSSR count). The van der Waals surface area contributed by atoms with Crippen LogP contribution >= 0.6 is 0 Å². The summed E-state index contributed by atoms with van der Waals surface area (Å²) in [6.07, 6.45) is 0. The Balaban J connectivity index is 2.07. The summed E-state index contributed by atoms with van der Waals surface area (Å²) in [5.41, 5.74) is 1.22. The predicted molar refractivity (Wildman–Crippen MR) is 78.9 cm³/mol. The molecule has 5 nitrogen and oxygen atoms in total. The SMILES string of the molecule is Cc1cc(OCC(=O)Nc2ccc(F)cc2F)c(C#N)c(C)n1. The molecule has 1 aromatic heterocycles. The van der Waals surface area contributed by atoms with Crippen LogP contribution in [0, 0.1) is 36.8 Å². The molecule has 1 N–H and O–H groups in total. The Morgan fingerprint density at radius 1 is 1.35 bits per heavy atom. The third-order valence-electron chi connectivity index (χ3n) is 2.97. The first kappa shape index (κ1) is 16.4. The average Bonchev–Trinajstić information content (AvgIpc) is 2.47. The first-order valence-corrected chi connectivity index (χ1v) is 6.66. The predicted octanol–water partition coefficient (Wildman–Crippen LogP) is 2.87. The highest BCUT2D eigenvalue weighted by molar-refractivity contribution is 5.92. The van der Waals surface area contributed by atoms with Gasteiger partial charge in [0, 0.05) is 17.8 Å². The summed E-state index contributed by atoms with van der Waals surface area (Å²) in [7, 11) is 0. The standard InChI is InChI=1S/C16H13F2N3O2/c1-9-5-15(12(7-19)10(2)20-9)23-8-16(22)21-14-4-3-11(17)6-13(14)18/h3-6H,8H2,1-2H3,(H,21,22). The Morgan fingerprint density at radius 2 is 2.09 bits per heavy atom. The number of amides is 1. The molecular weight excluding hydrogens is 304 g/mol. The molecule has 0 aliphatic carbocycles. The minimum atomic E-state index is -0.883. The summed E-state index contributed by atoms with van der Waals surface area (Å²) in [5.74, 6) is -2.02. The van der Waals surface area contributed by atoms with Crippen molar-refractivity contribution in [2.75, 3.05) is 11.9 Å². The molecule has 1 heterocycles. The summed E-state index contributed by atoms with van der Waals surface area (Å²) in [6, 6.07) is 6.31. The number of rotatable bonds is 4. The van der Waals surface area contributed by atoms with Gasteiger partial charge in [-0.2, -0.15) is 5.26 Å². The molecule has 0 aliphatic rings. The molecule has 1 aromatic carbocycles. The fourth-order valence-corrected chi connectivity index (χ4v) is 1.96. The first-order chi connectivity index (χ1) is 10.9. The first-order valence-electron chi connectivity index (χ1n) is 6.66. The number of nitrogens with zero attached hydrogens (tertiary/aromatic N) is 2. The van der Waals surface area contributed by atoms with E-state index in [1.807, 2.05) is 6.07 Å². The van der Waals surface area contributed by atoms with Gasteiger partial charge in [0.1, 0.15) is 29.0 Å². The second-order valence-electron chi connectivity index (χ2n) is 4.80. The van der Waals surface area contributed by atoms with Crippen molar-refractivity contribution in [3.8, 4) is 11.8 Å². The highest BCUT2D eigenvalue weighted by atomic mass is 19.1. The zero-order valence-corrected chi connectivity index (χ0v) is 12.5. The molecule has 0 bridgehead atoms. The number of ether oxygens (including phenoxy) is 1. The van der Waals surface area contributed by atoms with Crippen LogP contribution in [0.15, 0.2) is 24.3 Å². The molecule has 118 valence electrons. The van der Waals surface area contributed by atoms with Crippen LogP contribution in [0.5, 0.6) is 5.75 Å². The normalized spacial score (nSPS) is 10.0. The van der Waals surface area contributed by atoms with Crippen molar-refractivity contribution in [1.29, 1.82) is 5.26 Å².